The minimum Gasteiger partial charge on any atom is -0.462 e. The molecule has 3 N–H and O–H groups in total. The Morgan fingerprint density at radius 2 is 2.08 bits per heavy atom. The quantitative estimate of drug-likeness (QED) is 0.339. The van der Waals surface area contributed by atoms with Gasteiger partial charge < -0.3 is 25.6 Å². The number of nitrogens with two attached hydrogens (primary N) is 1. The fourth-order valence-corrected chi connectivity index (χ4v) is 6.77. The second-order valence-corrected chi connectivity index (χ2v) is 12.8. The fourth-order valence-electron chi connectivity index (χ4n) is 5.71. The predicted octanol–water partition coefficient (Wildman–Crippen LogP) is 5.19. The van der Waals surface area contributed by atoms with Gasteiger partial charge >= 0.3 is 6.01 Å². The Morgan fingerprint density at radius 1 is 1.23 bits per heavy atom. The molecular formula is C28H33ClFN7OS. The number of fused-ring (bicyclic) bond motifs is 2. The summed E-state index contributed by atoms with van der Waals surface area (Å²) in [6, 6.07) is 7.83. The lowest BCUT2D eigenvalue weighted by atomic mass is 9.93. The normalized spacial score (nSPS) is 20.1. The van der Waals surface area contributed by atoms with Crippen molar-refractivity contribution in [2.75, 3.05) is 57.0 Å². The number of nitrogens with one attached hydrogen (secondary N) is 1. The number of hydrogen-bond acceptors (Lipinski definition) is 9. The third-order valence-corrected chi connectivity index (χ3v) is 8.85. The largest absolute Gasteiger partial charge is 0.462 e. The first kappa shape index (κ1) is 26.4. The van der Waals surface area contributed by atoms with E-state index in [4.69, 9.17) is 27.1 Å². The fraction of sp³-hybridized carbons (Fsp3) is 0.464. The summed E-state index contributed by atoms with van der Waals surface area (Å²) in [6.45, 7) is 9.05. The molecule has 0 saturated carbocycles. The molecule has 2 fully saturated rings. The Balaban J connectivity index is 1.51. The number of nitrogen functional groups attached to an aromatic ring is 1. The lowest BCUT2D eigenvalue weighted by Crippen LogP contribution is -2.36. The van der Waals surface area contributed by atoms with Gasteiger partial charge in [-0.05, 0) is 44.0 Å². The highest BCUT2D eigenvalue weighted by molar-refractivity contribution is 7.22. The molecule has 6 rings (SSSR count). The number of aromatic nitrogens is 3. The van der Waals surface area contributed by atoms with Crippen molar-refractivity contribution in [3.63, 3.8) is 0 Å². The van der Waals surface area contributed by atoms with Gasteiger partial charge in [0.15, 0.2) is 10.9 Å². The van der Waals surface area contributed by atoms with E-state index in [0.29, 0.717) is 34.0 Å². The van der Waals surface area contributed by atoms with E-state index in [2.05, 4.69) is 46.0 Å². The number of thiazole rings is 1. The van der Waals surface area contributed by atoms with Gasteiger partial charge in [-0.3, -0.25) is 0 Å². The number of halogens is 2. The molecular weight excluding hydrogens is 537 g/mol. The molecule has 39 heavy (non-hydrogen) atoms. The summed E-state index contributed by atoms with van der Waals surface area (Å²) in [5.74, 6) is 0.116. The Hall–Kier alpha value is -2.79. The van der Waals surface area contributed by atoms with E-state index in [9.17, 15) is 0 Å². The third-order valence-electron chi connectivity index (χ3n) is 7.70. The van der Waals surface area contributed by atoms with Crippen molar-refractivity contribution in [3.8, 4) is 17.1 Å². The molecule has 8 nitrogen and oxygen atoms in total. The summed E-state index contributed by atoms with van der Waals surface area (Å²) >= 11 is 8.19. The van der Waals surface area contributed by atoms with Gasteiger partial charge in [0.2, 0.25) is 0 Å². The zero-order valence-electron chi connectivity index (χ0n) is 22.4. The molecule has 1 atom stereocenters. The summed E-state index contributed by atoms with van der Waals surface area (Å²) in [4.78, 5) is 18.4. The first-order valence-electron chi connectivity index (χ1n) is 13.3. The molecule has 2 aromatic carbocycles. The predicted molar refractivity (Wildman–Crippen MR) is 158 cm³/mol. The van der Waals surface area contributed by atoms with Crippen molar-refractivity contribution in [2.45, 2.75) is 32.7 Å². The maximum atomic E-state index is 16.6. The summed E-state index contributed by atoms with van der Waals surface area (Å²) in [5, 5.41) is 4.76. The van der Waals surface area contributed by atoms with E-state index < -0.39 is 5.82 Å². The molecule has 0 aliphatic carbocycles. The molecule has 2 aromatic heterocycles. The molecule has 4 heterocycles. The van der Waals surface area contributed by atoms with Crippen LogP contribution in [0.3, 0.4) is 0 Å². The smallest absolute Gasteiger partial charge is 0.319 e. The third kappa shape index (κ3) is 5.11. The van der Waals surface area contributed by atoms with Gasteiger partial charge in [0.05, 0.1) is 15.2 Å². The highest BCUT2D eigenvalue weighted by atomic mass is 35.5. The summed E-state index contributed by atoms with van der Waals surface area (Å²) in [7, 11) is 2.10. The van der Waals surface area contributed by atoms with Gasteiger partial charge in [0.1, 0.15) is 17.9 Å². The number of hydrogen-bond donors (Lipinski definition) is 2. The zero-order valence-corrected chi connectivity index (χ0v) is 24.0. The monoisotopic (exact) mass is 569 g/mol. The van der Waals surface area contributed by atoms with Crippen molar-refractivity contribution in [1.29, 1.82) is 0 Å². The number of para-hydroxylation sites is 1. The standard InChI is InChI=1S/C28H33ClFN7OS/c1-28(2)14-32-9-11-37(15-28)25-18-12-19(29)21(17-7-4-8-20-23(17)33-26(31)39-20)22(30)24(18)34-27(35-25)38-13-16-6-5-10-36(16)3/h4,7-8,12,16,32H,5-6,9-11,13-15H2,1-3H3,(H2,31,33)/t16-/m0/s1. The topological polar surface area (TPSA) is 92.4 Å². The molecule has 0 radical (unpaired) electrons. The van der Waals surface area contributed by atoms with Crippen LogP contribution in [0.1, 0.15) is 26.7 Å². The van der Waals surface area contributed by atoms with Crippen LogP contribution in [0, 0.1) is 11.2 Å². The second kappa shape index (κ2) is 10.3. The van der Waals surface area contributed by atoms with Crippen molar-refractivity contribution in [3.05, 3.63) is 35.1 Å². The minimum atomic E-state index is -0.518. The lowest BCUT2D eigenvalue weighted by molar-refractivity contribution is 0.188. The number of likely N-dealkylation sites (tertiary alicyclic amines) is 1. The highest BCUT2D eigenvalue weighted by Gasteiger charge is 2.29. The minimum absolute atomic E-state index is 0.0101. The number of ether oxygens (including phenoxy) is 1. The van der Waals surface area contributed by atoms with Gasteiger partial charge in [-0.2, -0.15) is 9.97 Å². The van der Waals surface area contributed by atoms with E-state index in [1.807, 2.05) is 18.2 Å². The van der Waals surface area contributed by atoms with E-state index in [-0.39, 0.29) is 33.6 Å². The molecule has 0 unspecified atom stereocenters. The van der Waals surface area contributed by atoms with E-state index in [1.165, 1.54) is 11.3 Å². The Kier molecular flexibility index (Phi) is 6.99. The molecule has 11 heteroatoms. The van der Waals surface area contributed by atoms with Crippen molar-refractivity contribution in [2.24, 2.45) is 5.41 Å². The van der Waals surface area contributed by atoms with Crippen LogP contribution in [0.2, 0.25) is 5.02 Å². The molecule has 2 aliphatic rings. The molecule has 2 aliphatic heterocycles. The summed E-state index contributed by atoms with van der Waals surface area (Å²) < 4.78 is 23.6. The van der Waals surface area contributed by atoms with Crippen LogP contribution in [-0.4, -0.2) is 72.3 Å². The van der Waals surface area contributed by atoms with Gasteiger partial charge in [-0.15, -0.1) is 0 Å². The number of nitrogens with zero attached hydrogens (tertiary/aromatic N) is 5. The summed E-state index contributed by atoms with van der Waals surface area (Å²) in [5.41, 5.74) is 7.62. The van der Waals surface area contributed by atoms with E-state index >= 15 is 4.39 Å². The van der Waals surface area contributed by atoms with Crippen LogP contribution < -0.4 is 20.7 Å². The van der Waals surface area contributed by atoms with Crippen LogP contribution in [0.25, 0.3) is 32.2 Å². The Labute approximate surface area is 236 Å². The molecule has 0 amide bonds. The first-order chi connectivity index (χ1) is 18.7. The van der Waals surface area contributed by atoms with Gasteiger partial charge in [0, 0.05) is 48.7 Å². The average Bonchev–Trinajstić information content (AvgIpc) is 3.43. The second-order valence-electron chi connectivity index (χ2n) is 11.3. The van der Waals surface area contributed by atoms with Crippen LogP contribution >= 0.6 is 22.9 Å². The molecule has 206 valence electrons. The van der Waals surface area contributed by atoms with Crippen LogP contribution in [0.5, 0.6) is 6.01 Å². The summed E-state index contributed by atoms with van der Waals surface area (Å²) in [6.07, 6.45) is 2.19. The van der Waals surface area contributed by atoms with Gasteiger partial charge in [0.25, 0.3) is 0 Å². The van der Waals surface area contributed by atoms with Crippen molar-refractivity contribution < 1.29 is 9.13 Å². The Morgan fingerprint density at radius 3 is 2.87 bits per heavy atom. The maximum Gasteiger partial charge on any atom is 0.319 e. The maximum absolute atomic E-state index is 16.6. The number of benzene rings is 2. The first-order valence-corrected chi connectivity index (χ1v) is 14.5. The van der Waals surface area contributed by atoms with Gasteiger partial charge in [-0.25, -0.2) is 9.37 Å². The SMILES string of the molecule is CN1CCC[C@H]1COc1nc(N2CCNCC(C)(C)C2)c2cc(Cl)c(-c3cccc4sc(N)nc34)c(F)c2n1. The van der Waals surface area contributed by atoms with Crippen molar-refractivity contribution in [1.82, 2.24) is 25.2 Å². The van der Waals surface area contributed by atoms with Crippen LogP contribution in [0.4, 0.5) is 15.3 Å². The lowest BCUT2D eigenvalue weighted by Gasteiger charge is -2.30. The Bertz CT molecular complexity index is 1540. The average molecular weight is 570 g/mol. The molecule has 0 spiro atoms. The molecule has 4 aromatic rings. The zero-order chi connectivity index (χ0) is 27.3. The van der Waals surface area contributed by atoms with E-state index in [1.54, 1.807) is 6.07 Å². The highest BCUT2D eigenvalue weighted by Crippen LogP contribution is 2.42. The number of anilines is 2. The number of rotatable bonds is 5. The van der Waals surface area contributed by atoms with Gasteiger partial charge in [-0.1, -0.05) is 48.9 Å². The number of likely N-dealkylation sites (N-methyl/N-ethyl adjacent to an activating group) is 1. The molecule has 2 saturated heterocycles. The van der Waals surface area contributed by atoms with Crippen molar-refractivity contribution >= 4 is 55.0 Å². The van der Waals surface area contributed by atoms with E-state index in [0.717, 1.165) is 50.3 Å². The van der Waals surface area contributed by atoms with Crippen LogP contribution in [0.15, 0.2) is 24.3 Å². The van der Waals surface area contributed by atoms with Crippen LogP contribution in [-0.2, 0) is 0 Å². The molecule has 0 bridgehead atoms.